The zero-order chi connectivity index (χ0) is 20.8. The van der Waals surface area contributed by atoms with Gasteiger partial charge in [-0.15, -0.1) is 0 Å². The fraction of sp³-hybridized carbons (Fsp3) is 0.300. The summed E-state index contributed by atoms with van der Waals surface area (Å²) in [5.41, 5.74) is 1.32. The highest BCUT2D eigenvalue weighted by Crippen LogP contribution is 2.28. The Kier molecular flexibility index (Phi) is 6.28. The second kappa shape index (κ2) is 9.05. The molecule has 29 heavy (non-hydrogen) atoms. The molecule has 9 nitrogen and oxygen atoms in total. The summed E-state index contributed by atoms with van der Waals surface area (Å²) in [6.07, 6.45) is 2.37. The van der Waals surface area contributed by atoms with Crippen LogP contribution in [0.2, 0.25) is 0 Å². The first-order chi connectivity index (χ1) is 14.0. The van der Waals surface area contributed by atoms with Gasteiger partial charge < -0.3 is 19.7 Å². The molecule has 152 valence electrons. The molecule has 2 aromatic carbocycles. The summed E-state index contributed by atoms with van der Waals surface area (Å²) in [5, 5.41) is 13.9. The van der Waals surface area contributed by atoms with Gasteiger partial charge in [-0.1, -0.05) is 0 Å². The highest BCUT2D eigenvalue weighted by molar-refractivity contribution is 5.92. The molecule has 0 saturated carbocycles. The minimum atomic E-state index is -0.699. The van der Waals surface area contributed by atoms with Crippen molar-refractivity contribution in [2.45, 2.75) is 12.8 Å². The van der Waals surface area contributed by atoms with E-state index < -0.39 is 29.1 Å². The van der Waals surface area contributed by atoms with Crippen molar-refractivity contribution in [3.8, 4) is 5.75 Å². The third kappa shape index (κ3) is 5.01. The van der Waals surface area contributed by atoms with E-state index in [4.69, 9.17) is 4.74 Å². The summed E-state index contributed by atoms with van der Waals surface area (Å²) >= 11 is 0. The normalized spacial score (nSPS) is 13.1. The average molecular weight is 399 g/mol. The first-order valence-electron chi connectivity index (χ1n) is 9.12. The average Bonchev–Trinajstić information content (AvgIpc) is 3.27. The van der Waals surface area contributed by atoms with E-state index >= 15 is 0 Å². The van der Waals surface area contributed by atoms with E-state index in [1.165, 1.54) is 32.1 Å². The van der Waals surface area contributed by atoms with E-state index in [1.54, 1.807) is 12.1 Å². The van der Waals surface area contributed by atoms with Crippen molar-refractivity contribution in [1.82, 2.24) is 0 Å². The van der Waals surface area contributed by atoms with Crippen LogP contribution in [0.3, 0.4) is 0 Å². The van der Waals surface area contributed by atoms with Gasteiger partial charge in [0.25, 0.3) is 5.91 Å². The van der Waals surface area contributed by atoms with E-state index in [1.807, 2.05) is 12.1 Å². The molecular formula is C20H21N3O6. The number of esters is 1. The number of nitro groups is 1. The molecule has 0 bridgehead atoms. The molecule has 0 aliphatic carbocycles. The highest BCUT2D eigenvalue weighted by atomic mass is 16.6. The molecule has 1 aliphatic heterocycles. The van der Waals surface area contributed by atoms with Gasteiger partial charge in [-0.2, -0.15) is 0 Å². The van der Waals surface area contributed by atoms with E-state index in [-0.39, 0.29) is 11.3 Å². The summed E-state index contributed by atoms with van der Waals surface area (Å²) in [4.78, 5) is 36.5. The molecular weight excluding hydrogens is 378 g/mol. The Hall–Kier alpha value is -3.62. The molecule has 1 amide bonds. The van der Waals surface area contributed by atoms with Crippen molar-refractivity contribution in [2.24, 2.45) is 0 Å². The third-order valence-corrected chi connectivity index (χ3v) is 4.56. The Morgan fingerprint density at radius 2 is 1.83 bits per heavy atom. The lowest BCUT2D eigenvalue weighted by atomic mass is 10.2. The van der Waals surface area contributed by atoms with Crippen LogP contribution in [-0.4, -0.2) is 43.6 Å². The fourth-order valence-corrected chi connectivity index (χ4v) is 3.10. The molecule has 2 aromatic rings. The molecule has 0 aromatic heterocycles. The zero-order valence-electron chi connectivity index (χ0n) is 15.9. The van der Waals surface area contributed by atoms with Crippen LogP contribution in [0.5, 0.6) is 5.75 Å². The molecule has 1 fully saturated rings. The Morgan fingerprint density at radius 3 is 2.45 bits per heavy atom. The van der Waals surface area contributed by atoms with Gasteiger partial charge in [0.15, 0.2) is 12.4 Å². The number of carbonyl (C=O) groups is 2. The number of benzene rings is 2. The van der Waals surface area contributed by atoms with Crippen LogP contribution < -0.4 is 15.0 Å². The molecule has 1 aliphatic rings. The van der Waals surface area contributed by atoms with Gasteiger partial charge >= 0.3 is 11.7 Å². The Labute approximate surface area is 167 Å². The standard InChI is InChI=1S/C20H21N3O6/c1-28-20(25)14-4-9-18(17(12-14)23(26)27)29-13-19(24)21-15-5-7-16(8-6-15)22-10-2-3-11-22/h4-9,12H,2-3,10-11,13H2,1H3,(H,21,24). The second-order valence-electron chi connectivity index (χ2n) is 6.51. The van der Waals surface area contributed by atoms with Crippen LogP contribution in [0.1, 0.15) is 23.2 Å². The summed E-state index contributed by atoms with van der Waals surface area (Å²) in [5.74, 6) is -1.26. The first kappa shape index (κ1) is 20.1. The van der Waals surface area contributed by atoms with Crippen molar-refractivity contribution >= 4 is 28.9 Å². The topological polar surface area (TPSA) is 111 Å². The minimum absolute atomic E-state index is 0.0223. The number of nitro benzene ring substituents is 1. The molecule has 3 rings (SSSR count). The molecule has 0 spiro atoms. The van der Waals surface area contributed by atoms with Gasteiger partial charge in [-0.05, 0) is 49.2 Å². The third-order valence-electron chi connectivity index (χ3n) is 4.56. The van der Waals surface area contributed by atoms with Crippen molar-refractivity contribution in [2.75, 3.05) is 37.0 Å². The smallest absolute Gasteiger partial charge is 0.338 e. The number of anilines is 2. The number of methoxy groups -OCH3 is 1. The Bertz CT molecular complexity index is 907. The zero-order valence-corrected chi connectivity index (χ0v) is 15.9. The summed E-state index contributed by atoms with van der Waals surface area (Å²) in [7, 11) is 1.18. The number of hydrogen-bond donors (Lipinski definition) is 1. The van der Waals surface area contributed by atoms with Crippen LogP contribution in [0.4, 0.5) is 17.1 Å². The predicted octanol–water partition coefficient (Wildman–Crippen LogP) is 3.00. The fourth-order valence-electron chi connectivity index (χ4n) is 3.10. The lowest BCUT2D eigenvalue weighted by Gasteiger charge is -2.17. The van der Waals surface area contributed by atoms with Crippen molar-refractivity contribution in [3.63, 3.8) is 0 Å². The first-order valence-corrected chi connectivity index (χ1v) is 9.12. The van der Waals surface area contributed by atoms with Crippen LogP contribution in [0, 0.1) is 10.1 Å². The molecule has 0 unspecified atom stereocenters. The monoisotopic (exact) mass is 399 g/mol. The lowest BCUT2D eigenvalue weighted by molar-refractivity contribution is -0.385. The van der Waals surface area contributed by atoms with Gasteiger partial charge in [0.1, 0.15) is 0 Å². The summed E-state index contributed by atoms with van der Waals surface area (Å²) < 4.78 is 9.84. The number of nitrogens with zero attached hydrogens (tertiary/aromatic N) is 2. The van der Waals surface area contributed by atoms with Crippen LogP contribution in [0.15, 0.2) is 42.5 Å². The number of amides is 1. The number of nitrogens with one attached hydrogen (secondary N) is 1. The summed E-state index contributed by atoms with van der Waals surface area (Å²) in [6.45, 7) is 1.66. The Morgan fingerprint density at radius 1 is 1.14 bits per heavy atom. The minimum Gasteiger partial charge on any atom is -0.477 e. The van der Waals surface area contributed by atoms with Crippen molar-refractivity contribution < 1.29 is 24.0 Å². The molecule has 0 atom stereocenters. The molecule has 0 radical (unpaired) electrons. The number of carbonyl (C=O) groups excluding carboxylic acids is 2. The van der Waals surface area contributed by atoms with Crippen LogP contribution >= 0.6 is 0 Å². The van der Waals surface area contributed by atoms with E-state index in [0.717, 1.165) is 24.8 Å². The van der Waals surface area contributed by atoms with Gasteiger partial charge in [-0.25, -0.2) is 4.79 Å². The molecule has 1 N–H and O–H groups in total. The van der Waals surface area contributed by atoms with Gasteiger partial charge in [0.05, 0.1) is 17.6 Å². The molecule has 1 saturated heterocycles. The SMILES string of the molecule is COC(=O)c1ccc(OCC(=O)Nc2ccc(N3CCCC3)cc2)c([N+](=O)[O-])c1. The number of ether oxygens (including phenoxy) is 2. The largest absolute Gasteiger partial charge is 0.477 e. The molecule has 9 heteroatoms. The maximum atomic E-state index is 12.1. The Balaban J connectivity index is 1.60. The van der Waals surface area contributed by atoms with E-state index in [2.05, 4.69) is 15.0 Å². The van der Waals surface area contributed by atoms with Gasteiger partial charge in [0, 0.05) is 30.5 Å². The van der Waals surface area contributed by atoms with Gasteiger partial charge in [-0.3, -0.25) is 14.9 Å². The van der Waals surface area contributed by atoms with Crippen LogP contribution in [0.25, 0.3) is 0 Å². The van der Waals surface area contributed by atoms with E-state index in [0.29, 0.717) is 5.69 Å². The number of rotatable bonds is 7. The summed E-state index contributed by atoms with van der Waals surface area (Å²) in [6, 6.07) is 11.1. The second-order valence-corrected chi connectivity index (χ2v) is 6.51. The highest BCUT2D eigenvalue weighted by Gasteiger charge is 2.20. The lowest BCUT2D eigenvalue weighted by Crippen LogP contribution is -2.21. The quantitative estimate of drug-likeness (QED) is 0.433. The molecule has 1 heterocycles. The van der Waals surface area contributed by atoms with E-state index in [9.17, 15) is 19.7 Å². The van der Waals surface area contributed by atoms with Crippen molar-refractivity contribution in [3.05, 3.63) is 58.1 Å². The van der Waals surface area contributed by atoms with Crippen molar-refractivity contribution in [1.29, 1.82) is 0 Å². The predicted molar refractivity (Wildman–Crippen MR) is 106 cm³/mol. The van der Waals surface area contributed by atoms with Crippen LogP contribution in [-0.2, 0) is 9.53 Å². The number of hydrogen-bond acceptors (Lipinski definition) is 7. The maximum Gasteiger partial charge on any atom is 0.338 e. The van der Waals surface area contributed by atoms with Gasteiger partial charge in [0.2, 0.25) is 0 Å². The maximum absolute atomic E-state index is 12.1.